The average molecular weight is 352 g/mol. The zero-order valence-electron chi connectivity index (χ0n) is 15.5. The van der Waals surface area contributed by atoms with Crippen LogP contribution in [0.2, 0.25) is 5.02 Å². The molecule has 2 heteroatoms. The van der Waals surface area contributed by atoms with Crippen LogP contribution in [0, 0.1) is 0 Å². The van der Waals surface area contributed by atoms with Gasteiger partial charge in [0.25, 0.3) is 0 Å². The molecule has 25 heavy (non-hydrogen) atoms. The standard InChI is InChI=1S/C23H26ClN/c1-23(2,3)19-12-9-17(10-13-19)15-25(4)16-18-11-14-22(24)21-8-6-5-7-20(18)21/h5-14H,15-16H2,1-4H3. The molecule has 0 aliphatic heterocycles. The van der Waals surface area contributed by atoms with Gasteiger partial charge in [-0.3, -0.25) is 4.90 Å². The normalized spacial score (nSPS) is 12.1. The van der Waals surface area contributed by atoms with Crippen LogP contribution >= 0.6 is 11.6 Å². The molecule has 0 amide bonds. The molecule has 0 aliphatic rings. The van der Waals surface area contributed by atoms with Crippen molar-refractivity contribution in [2.75, 3.05) is 7.05 Å². The third-order valence-electron chi connectivity index (χ3n) is 4.67. The van der Waals surface area contributed by atoms with Crippen molar-refractivity contribution in [3.63, 3.8) is 0 Å². The predicted molar refractivity (Wildman–Crippen MR) is 109 cm³/mol. The monoisotopic (exact) mass is 351 g/mol. The van der Waals surface area contributed by atoms with Crippen LogP contribution in [0.1, 0.15) is 37.5 Å². The molecule has 0 spiro atoms. The molecule has 0 saturated carbocycles. The van der Waals surface area contributed by atoms with Gasteiger partial charge >= 0.3 is 0 Å². The Bertz CT molecular complexity index is 859. The second kappa shape index (κ2) is 7.19. The van der Waals surface area contributed by atoms with Gasteiger partial charge in [-0.1, -0.05) is 87.0 Å². The second-order valence-electron chi connectivity index (χ2n) is 7.87. The molecule has 0 saturated heterocycles. The summed E-state index contributed by atoms with van der Waals surface area (Å²) in [5.74, 6) is 0. The molecule has 0 bridgehead atoms. The molecular weight excluding hydrogens is 326 g/mol. The minimum Gasteiger partial charge on any atom is -0.298 e. The van der Waals surface area contributed by atoms with E-state index in [0.29, 0.717) is 0 Å². The number of nitrogens with zero attached hydrogens (tertiary/aromatic N) is 1. The van der Waals surface area contributed by atoms with Gasteiger partial charge in [0, 0.05) is 23.5 Å². The van der Waals surface area contributed by atoms with Crippen LogP contribution in [0.5, 0.6) is 0 Å². The van der Waals surface area contributed by atoms with E-state index < -0.39 is 0 Å². The predicted octanol–water partition coefficient (Wildman–Crippen LogP) is 6.42. The van der Waals surface area contributed by atoms with Crippen molar-refractivity contribution >= 4 is 22.4 Å². The van der Waals surface area contributed by atoms with Gasteiger partial charge in [0.15, 0.2) is 0 Å². The molecule has 3 rings (SSSR count). The number of fused-ring (bicyclic) bond motifs is 1. The molecule has 3 aromatic carbocycles. The Kier molecular flexibility index (Phi) is 5.17. The highest BCUT2D eigenvalue weighted by Crippen LogP contribution is 2.27. The Hall–Kier alpha value is -1.83. The van der Waals surface area contributed by atoms with Gasteiger partial charge in [0.2, 0.25) is 0 Å². The summed E-state index contributed by atoms with van der Waals surface area (Å²) in [6.07, 6.45) is 0. The van der Waals surface area contributed by atoms with Crippen molar-refractivity contribution in [1.82, 2.24) is 4.90 Å². The summed E-state index contributed by atoms with van der Waals surface area (Å²) in [5, 5.41) is 3.19. The van der Waals surface area contributed by atoms with Crippen LogP contribution in [-0.2, 0) is 18.5 Å². The van der Waals surface area contributed by atoms with Crippen LogP contribution in [0.3, 0.4) is 0 Å². The lowest BCUT2D eigenvalue weighted by Gasteiger charge is -2.21. The van der Waals surface area contributed by atoms with Crippen molar-refractivity contribution in [1.29, 1.82) is 0 Å². The number of benzene rings is 3. The van der Waals surface area contributed by atoms with E-state index in [9.17, 15) is 0 Å². The molecule has 0 aromatic heterocycles. The van der Waals surface area contributed by atoms with Crippen molar-refractivity contribution in [3.05, 3.63) is 82.4 Å². The van der Waals surface area contributed by atoms with E-state index in [1.807, 2.05) is 12.1 Å². The summed E-state index contributed by atoms with van der Waals surface area (Å²) in [7, 11) is 2.17. The van der Waals surface area contributed by atoms with Gasteiger partial charge in [0.05, 0.1) is 0 Å². The zero-order valence-corrected chi connectivity index (χ0v) is 16.3. The maximum atomic E-state index is 6.33. The first-order chi connectivity index (χ1) is 11.8. The molecule has 0 fully saturated rings. The first-order valence-corrected chi connectivity index (χ1v) is 9.16. The SMILES string of the molecule is CN(Cc1ccc(C(C)(C)C)cc1)Cc1ccc(Cl)c2ccccc12. The molecule has 130 valence electrons. The van der Waals surface area contributed by atoms with Crippen molar-refractivity contribution in [3.8, 4) is 0 Å². The molecule has 0 unspecified atom stereocenters. The topological polar surface area (TPSA) is 3.24 Å². The number of hydrogen-bond donors (Lipinski definition) is 0. The fourth-order valence-corrected chi connectivity index (χ4v) is 3.46. The summed E-state index contributed by atoms with van der Waals surface area (Å²) in [6, 6.07) is 21.5. The average Bonchev–Trinajstić information content (AvgIpc) is 2.57. The van der Waals surface area contributed by atoms with Gasteiger partial charge in [-0.15, -0.1) is 0 Å². The fraction of sp³-hybridized carbons (Fsp3) is 0.304. The van der Waals surface area contributed by atoms with Crippen molar-refractivity contribution in [2.45, 2.75) is 39.3 Å². The number of rotatable bonds is 4. The zero-order chi connectivity index (χ0) is 18.0. The Balaban J connectivity index is 1.75. The lowest BCUT2D eigenvalue weighted by molar-refractivity contribution is 0.320. The van der Waals surface area contributed by atoms with Gasteiger partial charge in [-0.2, -0.15) is 0 Å². The third-order valence-corrected chi connectivity index (χ3v) is 5.00. The highest BCUT2D eigenvalue weighted by molar-refractivity contribution is 6.35. The van der Waals surface area contributed by atoms with Gasteiger partial charge in [0.1, 0.15) is 0 Å². The molecule has 0 N–H and O–H groups in total. The van der Waals surface area contributed by atoms with E-state index >= 15 is 0 Å². The molecule has 0 radical (unpaired) electrons. The summed E-state index contributed by atoms with van der Waals surface area (Å²) in [6.45, 7) is 8.58. The van der Waals surface area contributed by atoms with Gasteiger partial charge < -0.3 is 0 Å². The van der Waals surface area contributed by atoms with E-state index in [4.69, 9.17) is 11.6 Å². The van der Waals surface area contributed by atoms with E-state index in [0.717, 1.165) is 23.5 Å². The fourth-order valence-electron chi connectivity index (χ4n) is 3.23. The smallest absolute Gasteiger partial charge is 0.0484 e. The third kappa shape index (κ3) is 4.23. The van der Waals surface area contributed by atoms with Crippen LogP contribution in [-0.4, -0.2) is 11.9 Å². The van der Waals surface area contributed by atoms with E-state index in [-0.39, 0.29) is 5.41 Å². The maximum absolute atomic E-state index is 6.33. The Morgan fingerprint density at radius 1 is 0.800 bits per heavy atom. The second-order valence-corrected chi connectivity index (χ2v) is 8.28. The molecule has 0 aliphatic carbocycles. The lowest BCUT2D eigenvalue weighted by atomic mass is 9.87. The van der Waals surface area contributed by atoms with Crippen LogP contribution in [0.25, 0.3) is 10.8 Å². The molecular formula is C23H26ClN. The van der Waals surface area contributed by atoms with E-state index in [1.54, 1.807) is 0 Å². The summed E-state index contributed by atoms with van der Waals surface area (Å²) >= 11 is 6.33. The molecule has 1 nitrogen and oxygen atoms in total. The number of hydrogen-bond acceptors (Lipinski definition) is 1. The largest absolute Gasteiger partial charge is 0.298 e. The van der Waals surface area contributed by atoms with Crippen LogP contribution in [0.15, 0.2) is 60.7 Å². The first kappa shape index (κ1) is 18.0. The number of halogens is 1. The van der Waals surface area contributed by atoms with Gasteiger partial charge in [-0.05, 0) is 40.6 Å². The quantitative estimate of drug-likeness (QED) is 0.524. The molecule has 0 heterocycles. The lowest BCUT2D eigenvalue weighted by Crippen LogP contribution is -2.18. The Labute approximate surface area is 156 Å². The van der Waals surface area contributed by atoms with Crippen molar-refractivity contribution in [2.24, 2.45) is 0 Å². The van der Waals surface area contributed by atoms with Gasteiger partial charge in [-0.25, -0.2) is 0 Å². The Morgan fingerprint density at radius 3 is 2.08 bits per heavy atom. The Morgan fingerprint density at radius 2 is 1.44 bits per heavy atom. The van der Waals surface area contributed by atoms with Crippen LogP contribution < -0.4 is 0 Å². The first-order valence-electron chi connectivity index (χ1n) is 8.79. The summed E-state index contributed by atoms with van der Waals surface area (Å²) in [4.78, 5) is 2.35. The van der Waals surface area contributed by atoms with E-state index in [2.05, 4.69) is 81.2 Å². The highest BCUT2D eigenvalue weighted by atomic mass is 35.5. The summed E-state index contributed by atoms with van der Waals surface area (Å²) < 4.78 is 0. The van der Waals surface area contributed by atoms with Crippen molar-refractivity contribution < 1.29 is 0 Å². The minimum absolute atomic E-state index is 0.201. The molecule has 0 atom stereocenters. The highest BCUT2D eigenvalue weighted by Gasteiger charge is 2.13. The maximum Gasteiger partial charge on any atom is 0.0484 e. The van der Waals surface area contributed by atoms with Crippen LogP contribution in [0.4, 0.5) is 0 Å². The molecule has 3 aromatic rings. The van der Waals surface area contributed by atoms with E-state index in [1.165, 1.54) is 22.1 Å². The minimum atomic E-state index is 0.201. The summed E-state index contributed by atoms with van der Waals surface area (Å²) in [5.41, 5.74) is 4.23.